The summed E-state index contributed by atoms with van der Waals surface area (Å²) < 4.78 is 14.6. The number of halogens is 1. The standard InChI is InChI=1S/C8H17NO4.ClH/c1-11-8(10)2-4-12-6-7-13-5-3-9;/h2-7,9H2,1H3;1H. The molecule has 0 aromatic heterocycles. The Labute approximate surface area is 90.3 Å². The lowest BCUT2D eigenvalue weighted by molar-refractivity contribution is -0.141. The minimum absolute atomic E-state index is 0. The third-order valence-electron chi connectivity index (χ3n) is 1.31. The lowest BCUT2D eigenvalue weighted by Gasteiger charge is -2.03. The van der Waals surface area contributed by atoms with Crippen LogP contribution in [-0.4, -0.2) is 46.1 Å². The molecule has 86 valence electrons. The second kappa shape index (κ2) is 12.6. The molecule has 0 amide bonds. The third kappa shape index (κ3) is 11.6. The van der Waals surface area contributed by atoms with Crippen molar-refractivity contribution in [2.45, 2.75) is 6.42 Å². The molecule has 0 heterocycles. The van der Waals surface area contributed by atoms with Crippen molar-refractivity contribution in [3.8, 4) is 0 Å². The number of carbonyl (C=O) groups is 1. The number of rotatable bonds is 8. The van der Waals surface area contributed by atoms with E-state index in [1.54, 1.807) is 0 Å². The average Bonchev–Trinajstić information content (AvgIpc) is 2.16. The molecule has 0 aliphatic carbocycles. The highest BCUT2D eigenvalue weighted by atomic mass is 35.5. The van der Waals surface area contributed by atoms with Crippen LogP contribution in [-0.2, 0) is 19.0 Å². The quantitative estimate of drug-likeness (QED) is 0.466. The van der Waals surface area contributed by atoms with Crippen LogP contribution in [0.15, 0.2) is 0 Å². The van der Waals surface area contributed by atoms with E-state index in [1.165, 1.54) is 7.11 Å². The highest BCUT2D eigenvalue weighted by Gasteiger charge is 1.98. The molecule has 0 saturated carbocycles. The van der Waals surface area contributed by atoms with Gasteiger partial charge in [0, 0.05) is 6.54 Å². The van der Waals surface area contributed by atoms with E-state index in [9.17, 15) is 4.79 Å². The summed E-state index contributed by atoms with van der Waals surface area (Å²) in [6.07, 6.45) is 0.285. The Bertz CT molecular complexity index is 135. The molecule has 0 atom stereocenters. The van der Waals surface area contributed by atoms with E-state index in [0.717, 1.165) is 0 Å². The van der Waals surface area contributed by atoms with Crippen LogP contribution in [0.4, 0.5) is 0 Å². The van der Waals surface area contributed by atoms with Gasteiger partial charge >= 0.3 is 5.97 Å². The summed E-state index contributed by atoms with van der Waals surface area (Å²) >= 11 is 0. The van der Waals surface area contributed by atoms with Crippen LogP contribution in [0.3, 0.4) is 0 Å². The molecule has 0 fully saturated rings. The molecule has 6 heteroatoms. The first kappa shape index (κ1) is 16.1. The normalized spacial score (nSPS) is 9.29. The van der Waals surface area contributed by atoms with E-state index in [-0.39, 0.29) is 24.8 Å². The summed E-state index contributed by atoms with van der Waals surface area (Å²) in [5, 5.41) is 0. The Hall–Kier alpha value is -0.360. The van der Waals surface area contributed by atoms with Gasteiger partial charge in [0.1, 0.15) is 0 Å². The first-order chi connectivity index (χ1) is 6.31. The van der Waals surface area contributed by atoms with Crippen molar-refractivity contribution >= 4 is 18.4 Å². The maximum absolute atomic E-state index is 10.6. The van der Waals surface area contributed by atoms with E-state index >= 15 is 0 Å². The predicted octanol–water partition coefficient (Wildman–Crippen LogP) is -0.0368. The number of hydrogen-bond donors (Lipinski definition) is 1. The van der Waals surface area contributed by atoms with Gasteiger partial charge in [0.2, 0.25) is 0 Å². The second-order valence-electron chi connectivity index (χ2n) is 2.34. The van der Waals surface area contributed by atoms with Crippen LogP contribution in [0.5, 0.6) is 0 Å². The molecule has 0 aromatic carbocycles. The van der Waals surface area contributed by atoms with Gasteiger partial charge in [0.15, 0.2) is 0 Å². The molecule has 0 aromatic rings. The molecule has 5 nitrogen and oxygen atoms in total. The van der Waals surface area contributed by atoms with Gasteiger partial charge in [0.05, 0.1) is 40.0 Å². The lowest BCUT2D eigenvalue weighted by Crippen LogP contribution is -2.13. The lowest BCUT2D eigenvalue weighted by atomic mass is 10.5. The maximum atomic E-state index is 10.6. The van der Waals surface area contributed by atoms with Gasteiger partial charge in [-0.3, -0.25) is 4.79 Å². The van der Waals surface area contributed by atoms with Crippen LogP contribution >= 0.6 is 12.4 Å². The van der Waals surface area contributed by atoms with Crippen molar-refractivity contribution < 1.29 is 19.0 Å². The van der Waals surface area contributed by atoms with E-state index in [2.05, 4.69) is 4.74 Å². The highest BCUT2D eigenvalue weighted by molar-refractivity contribution is 5.85. The first-order valence-electron chi connectivity index (χ1n) is 4.23. The fourth-order valence-corrected chi connectivity index (χ4v) is 0.663. The monoisotopic (exact) mass is 227 g/mol. The molecule has 0 saturated heterocycles. The minimum atomic E-state index is -0.261. The minimum Gasteiger partial charge on any atom is -0.469 e. The summed E-state index contributed by atoms with van der Waals surface area (Å²) in [5.41, 5.74) is 5.20. The topological polar surface area (TPSA) is 70.8 Å². The Morgan fingerprint density at radius 2 is 1.71 bits per heavy atom. The average molecular weight is 228 g/mol. The van der Waals surface area contributed by atoms with Crippen molar-refractivity contribution in [2.24, 2.45) is 5.73 Å². The van der Waals surface area contributed by atoms with Gasteiger partial charge in [-0.05, 0) is 0 Å². The number of esters is 1. The summed E-state index contributed by atoms with van der Waals surface area (Å²) in [5.74, 6) is -0.261. The van der Waals surface area contributed by atoms with Crippen molar-refractivity contribution in [1.29, 1.82) is 0 Å². The van der Waals surface area contributed by atoms with E-state index in [1.807, 2.05) is 0 Å². The Balaban J connectivity index is 0. The smallest absolute Gasteiger partial charge is 0.307 e. The van der Waals surface area contributed by atoms with Gasteiger partial charge in [-0.15, -0.1) is 12.4 Å². The zero-order valence-corrected chi connectivity index (χ0v) is 9.18. The van der Waals surface area contributed by atoms with Crippen LogP contribution in [0.1, 0.15) is 6.42 Å². The Morgan fingerprint density at radius 3 is 2.21 bits per heavy atom. The number of nitrogens with two attached hydrogens (primary N) is 1. The molecular weight excluding hydrogens is 210 g/mol. The first-order valence-corrected chi connectivity index (χ1v) is 4.23. The van der Waals surface area contributed by atoms with Gasteiger partial charge in [-0.2, -0.15) is 0 Å². The van der Waals surface area contributed by atoms with Gasteiger partial charge in [-0.1, -0.05) is 0 Å². The summed E-state index contributed by atoms with van der Waals surface area (Å²) in [6, 6.07) is 0. The van der Waals surface area contributed by atoms with Gasteiger partial charge in [0.25, 0.3) is 0 Å². The molecule has 0 bridgehead atoms. The fraction of sp³-hybridized carbons (Fsp3) is 0.875. The molecule has 2 N–H and O–H groups in total. The molecule has 0 unspecified atom stereocenters. The molecule has 0 aliphatic rings. The zero-order chi connectivity index (χ0) is 9.94. The Morgan fingerprint density at radius 1 is 1.14 bits per heavy atom. The van der Waals surface area contributed by atoms with Gasteiger partial charge < -0.3 is 19.9 Å². The molecular formula is C8H18ClNO4. The molecule has 0 rings (SSSR count). The van der Waals surface area contributed by atoms with Crippen molar-refractivity contribution in [3.05, 3.63) is 0 Å². The van der Waals surface area contributed by atoms with Crippen LogP contribution in [0.25, 0.3) is 0 Å². The number of ether oxygens (including phenoxy) is 3. The molecule has 0 radical (unpaired) electrons. The number of methoxy groups -OCH3 is 1. The number of hydrogen-bond acceptors (Lipinski definition) is 5. The van der Waals surface area contributed by atoms with Crippen molar-refractivity contribution in [2.75, 3.05) is 40.1 Å². The van der Waals surface area contributed by atoms with Crippen molar-refractivity contribution in [1.82, 2.24) is 0 Å². The van der Waals surface area contributed by atoms with Crippen LogP contribution in [0, 0.1) is 0 Å². The van der Waals surface area contributed by atoms with Crippen LogP contribution in [0.2, 0.25) is 0 Å². The molecule has 0 spiro atoms. The van der Waals surface area contributed by atoms with Gasteiger partial charge in [-0.25, -0.2) is 0 Å². The van der Waals surface area contributed by atoms with E-state index < -0.39 is 0 Å². The maximum Gasteiger partial charge on any atom is 0.307 e. The SMILES string of the molecule is COC(=O)CCOCCOCCN.Cl. The molecule has 14 heavy (non-hydrogen) atoms. The van der Waals surface area contributed by atoms with E-state index in [4.69, 9.17) is 15.2 Å². The summed E-state index contributed by atoms with van der Waals surface area (Å²) in [7, 11) is 1.35. The fourth-order valence-electron chi connectivity index (χ4n) is 0.663. The zero-order valence-electron chi connectivity index (χ0n) is 8.36. The van der Waals surface area contributed by atoms with Crippen molar-refractivity contribution in [3.63, 3.8) is 0 Å². The highest BCUT2D eigenvalue weighted by Crippen LogP contribution is 1.86. The second-order valence-corrected chi connectivity index (χ2v) is 2.34. The summed E-state index contributed by atoms with van der Waals surface area (Å²) in [6.45, 7) is 2.43. The third-order valence-corrected chi connectivity index (χ3v) is 1.31. The predicted molar refractivity (Wildman–Crippen MR) is 54.6 cm³/mol. The van der Waals surface area contributed by atoms with E-state index in [0.29, 0.717) is 33.0 Å². The van der Waals surface area contributed by atoms with Crippen LogP contribution < -0.4 is 5.73 Å². The largest absolute Gasteiger partial charge is 0.469 e. The summed E-state index contributed by atoms with van der Waals surface area (Å²) in [4.78, 5) is 10.6. The number of carbonyl (C=O) groups excluding carboxylic acids is 1. The molecule has 0 aliphatic heterocycles. The Kier molecular flexibility index (Phi) is 14.5.